The summed E-state index contributed by atoms with van der Waals surface area (Å²) in [6, 6.07) is 9.28. The van der Waals surface area contributed by atoms with Crippen LogP contribution in [0.25, 0.3) is 16.9 Å². The smallest absolute Gasteiger partial charge is 0.333 e. The van der Waals surface area contributed by atoms with Crippen molar-refractivity contribution in [2.75, 3.05) is 7.11 Å². The third-order valence-electron chi connectivity index (χ3n) is 5.92. The van der Waals surface area contributed by atoms with Crippen molar-refractivity contribution in [3.63, 3.8) is 0 Å². The van der Waals surface area contributed by atoms with E-state index in [-0.39, 0.29) is 22.7 Å². The molecule has 1 unspecified atom stereocenters. The highest BCUT2D eigenvalue weighted by Crippen LogP contribution is 2.46. The number of primary sulfonamides is 1. The van der Waals surface area contributed by atoms with Crippen molar-refractivity contribution in [3.05, 3.63) is 81.2 Å². The van der Waals surface area contributed by atoms with Crippen LogP contribution in [0.1, 0.15) is 31.7 Å². The predicted octanol–water partition coefficient (Wildman–Crippen LogP) is 3.45. The van der Waals surface area contributed by atoms with Crippen molar-refractivity contribution in [2.45, 2.75) is 31.6 Å². The zero-order valence-corrected chi connectivity index (χ0v) is 18.9. The molecule has 11 heteroatoms. The molecule has 1 atom stereocenters. The summed E-state index contributed by atoms with van der Waals surface area (Å²) >= 11 is 0. The monoisotopic (exact) mass is 469 g/mol. The van der Waals surface area contributed by atoms with Crippen LogP contribution in [-0.2, 0) is 20.2 Å². The molecule has 10 nitrogen and oxygen atoms in total. The van der Waals surface area contributed by atoms with Crippen LogP contribution in [0.3, 0.4) is 0 Å². The highest BCUT2D eigenvalue weighted by atomic mass is 32.2. The fraction of sp³-hybridized carbons (Fsp3) is 0.273. The van der Waals surface area contributed by atoms with E-state index in [9.17, 15) is 18.5 Å². The SMILES string of the molecule is CCCC1(c2cccc(-c3ccnc4c([N+](=O)[O-])cnn34)c2)CC(S(N)(=O)=O)=CC=C1OC. The van der Waals surface area contributed by atoms with E-state index in [1.165, 1.54) is 23.0 Å². The summed E-state index contributed by atoms with van der Waals surface area (Å²) in [5.41, 5.74) is 1.42. The molecule has 2 aromatic heterocycles. The van der Waals surface area contributed by atoms with Crippen LogP contribution < -0.4 is 5.14 Å². The number of aromatic nitrogens is 3. The maximum absolute atomic E-state index is 12.2. The number of nitro groups is 1. The van der Waals surface area contributed by atoms with Gasteiger partial charge in [0.05, 0.1) is 28.0 Å². The summed E-state index contributed by atoms with van der Waals surface area (Å²) in [5, 5.41) is 20.9. The number of nitrogens with zero attached hydrogens (tertiary/aromatic N) is 4. The van der Waals surface area contributed by atoms with Crippen LogP contribution in [0.2, 0.25) is 0 Å². The third kappa shape index (κ3) is 3.89. The lowest BCUT2D eigenvalue weighted by molar-refractivity contribution is -0.383. The summed E-state index contributed by atoms with van der Waals surface area (Å²) < 4.78 is 31.4. The van der Waals surface area contributed by atoms with Crippen LogP contribution in [-0.4, -0.2) is 35.0 Å². The number of methoxy groups -OCH3 is 1. The molecule has 0 saturated carbocycles. The van der Waals surface area contributed by atoms with Crippen molar-refractivity contribution in [2.24, 2.45) is 5.14 Å². The van der Waals surface area contributed by atoms with E-state index in [1.54, 1.807) is 19.3 Å². The standard InChI is InChI=1S/C22H23N5O5S/c1-3-10-22(13-17(33(23,30)31)7-8-20(22)32-2)16-6-4-5-15(12-16)18-9-11-24-21-19(27(28)29)14-25-26(18)21/h4-9,11-12,14H,3,10,13H2,1-2H3,(H2,23,30,31). The fourth-order valence-electron chi connectivity index (χ4n) is 4.46. The maximum atomic E-state index is 12.2. The van der Waals surface area contributed by atoms with E-state index in [0.717, 1.165) is 17.5 Å². The normalized spacial score (nSPS) is 18.6. The summed E-state index contributed by atoms with van der Waals surface area (Å²) in [7, 11) is -2.32. The number of sulfonamides is 1. The van der Waals surface area contributed by atoms with Crippen molar-refractivity contribution < 1.29 is 18.1 Å². The Balaban J connectivity index is 1.89. The van der Waals surface area contributed by atoms with E-state index in [4.69, 9.17) is 9.88 Å². The van der Waals surface area contributed by atoms with Gasteiger partial charge in [-0.1, -0.05) is 31.5 Å². The largest absolute Gasteiger partial charge is 0.500 e. The van der Waals surface area contributed by atoms with E-state index in [0.29, 0.717) is 17.9 Å². The topological polar surface area (TPSA) is 143 Å². The first-order valence-electron chi connectivity index (χ1n) is 10.3. The molecular weight excluding hydrogens is 446 g/mol. The highest BCUT2D eigenvalue weighted by molar-refractivity contribution is 7.93. The highest BCUT2D eigenvalue weighted by Gasteiger charge is 2.41. The van der Waals surface area contributed by atoms with Gasteiger partial charge in [0.15, 0.2) is 0 Å². The van der Waals surface area contributed by atoms with Gasteiger partial charge in [0, 0.05) is 18.2 Å². The summed E-state index contributed by atoms with van der Waals surface area (Å²) in [6.07, 6.45) is 7.38. The number of benzene rings is 1. The lowest BCUT2D eigenvalue weighted by Crippen LogP contribution is -2.34. The van der Waals surface area contributed by atoms with Gasteiger partial charge >= 0.3 is 5.69 Å². The molecule has 0 fully saturated rings. The molecule has 0 saturated heterocycles. The number of nitrogens with two attached hydrogens (primary N) is 1. The maximum Gasteiger partial charge on any atom is 0.333 e. The minimum Gasteiger partial charge on any atom is -0.500 e. The van der Waals surface area contributed by atoms with Crippen LogP contribution in [0.5, 0.6) is 0 Å². The van der Waals surface area contributed by atoms with E-state index < -0.39 is 20.4 Å². The number of hydrogen-bond acceptors (Lipinski definition) is 7. The summed E-state index contributed by atoms with van der Waals surface area (Å²) in [4.78, 5) is 15.0. The van der Waals surface area contributed by atoms with Crippen LogP contribution >= 0.6 is 0 Å². The van der Waals surface area contributed by atoms with Crippen molar-refractivity contribution in [3.8, 4) is 11.3 Å². The van der Waals surface area contributed by atoms with Gasteiger partial charge in [-0.2, -0.15) is 5.10 Å². The lowest BCUT2D eigenvalue weighted by Gasteiger charge is -2.38. The molecule has 1 aliphatic carbocycles. The van der Waals surface area contributed by atoms with Gasteiger partial charge < -0.3 is 4.74 Å². The summed E-state index contributed by atoms with van der Waals surface area (Å²) in [6.45, 7) is 2.02. The molecule has 2 N–H and O–H groups in total. The molecular formula is C22H23N5O5S. The Morgan fingerprint density at radius 3 is 2.76 bits per heavy atom. The number of allylic oxidation sites excluding steroid dienone is 4. The average molecular weight is 470 g/mol. The molecule has 33 heavy (non-hydrogen) atoms. The van der Waals surface area contributed by atoms with E-state index >= 15 is 0 Å². The molecule has 0 amide bonds. The zero-order valence-electron chi connectivity index (χ0n) is 18.1. The second kappa shape index (κ2) is 8.41. The Labute approximate surface area is 190 Å². The fourth-order valence-corrected chi connectivity index (χ4v) is 5.17. The quantitative estimate of drug-likeness (QED) is 0.412. The molecule has 4 rings (SSSR count). The third-order valence-corrected chi connectivity index (χ3v) is 6.93. The Kier molecular flexibility index (Phi) is 5.76. The molecule has 1 aliphatic rings. The molecule has 0 bridgehead atoms. The molecule has 3 aromatic rings. The molecule has 2 heterocycles. The van der Waals surface area contributed by atoms with Gasteiger partial charge in [0.2, 0.25) is 15.7 Å². The Hall–Kier alpha value is -3.57. The number of rotatable bonds is 7. The van der Waals surface area contributed by atoms with E-state index in [2.05, 4.69) is 10.1 Å². The molecule has 1 aromatic carbocycles. The zero-order chi connectivity index (χ0) is 23.8. The van der Waals surface area contributed by atoms with Gasteiger partial charge in [-0.25, -0.2) is 23.1 Å². The Bertz CT molecular complexity index is 1410. The van der Waals surface area contributed by atoms with Crippen molar-refractivity contribution >= 4 is 21.4 Å². The molecule has 0 spiro atoms. The minimum atomic E-state index is -3.88. The first-order valence-corrected chi connectivity index (χ1v) is 11.8. The second-order valence-electron chi connectivity index (χ2n) is 7.86. The Morgan fingerprint density at radius 1 is 1.30 bits per heavy atom. The first kappa shape index (κ1) is 22.6. The number of hydrogen-bond donors (Lipinski definition) is 1. The van der Waals surface area contributed by atoms with E-state index in [1.807, 2.05) is 31.2 Å². The number of ether oxygens (including phenoxy) is 1. The van der Waals surface area contributed by atoms with Crippen LogP contribution in [0.4, 0.5) is 5.69 Å². The van der Waals surface area contributed by atoms with Crippen LogP contribution in [0, 0.1) is 10.1 Å². The molecule has 172 valence electrons. The van der Waals surface area contributed by atoms with Crippen LogP contribution in [0.15, 0.2) is 65.5 Å². The lowest BCUT2D eigenvalue weighted by atomic mass is 9.70. The molecule has 0 radical (unpaired) electrons. The average Bonchev–Trinajstić information content (AvgIpc) is 3.23. The molecule has 0 aliphatic heterocycles. The van der Waals surface area contributed by atoms with Gasteiger partial charge in [0.25, 0.3) is 0 Å². The van der Waals surface area contributed by atoms with Gasteiger partial charge in [-0.05, 0) is 36.3 Å². The minimum absolute atomic E-state index is 0.135. The van der Waals surface area contributed by atoms with Gasteiger partial charge in [-0.3, -0.25) is 10.1 Å². The number of fused-ring (bicyclic) bond motifs is 1. The Morgan fingerprint density at radius 2 is 2.09 bits per heavy atom. The first-order chi connectivity index (χ1) is 15.7. The summed E-state index contributed by atoms with van der Waals surface area (Å²) in [5.74, 6) is 0.642. The predicted molar refractivity (Wildman–Crippen MR) is 123 cm³/mol. The second-order valence-corrected chi connectivity index (χ2v) is 9.47. The van der Waals surface area contributed by atoms with Crippen molar-refractivity contribution in [1.82, 2.24) is 14.6 Å². The van der Waals surface area contributed by atoms with Gasteiger partial charge in [0.1, 0.15) is 12.0 Å². The van der Waals surface area contributed by atoms with Gasteiger partial charge in [-0.15, -0.1) is 0 Å². The van der Waals surface area contributed by atoms with Crippen molar-refractivity contribution in [1.29, 1.82) is 0 Å².